The topological polar surface area (TPSA) is 55.6 Å². The maximum absolute atomic E-state index is 11.2. The van der Waals surface area contributed by atoms with Crippen LogP contribution in [0.15, 0.2) is 24.3 Å². The van der Waals surface area contributed by atoms with Gasteiger partial charge in [-0.2, -0.15) is 0 Å². The first-order chi connectivity index (χ1) is 9.54. The van der Waals surface area contributed by atoms with Gasteiger partial charge < -0.3 is 10.5 Å². The molecule has 1 aliphatic heterocycles. The molecule has 1 heterocycles. The van der Waals surface area contributed by atoms with Crippen LogP contribution in [-0.2, 0) is 11.3 Å². The molecular weight excluding hydrogens is 252 g/mol. The number of nitrogens with zero attached hydrogens (tertiary/aromatic N) is 1. The van der Waals surface area contributed by atoms with Gasteiger partial charge in [0.25, 0.3) is 0 Å². The third-order valence-corrected chi connectivity index (χ3v) is 3.59. The van der Waals surface area contributed by atoms with Gasteiger partial charge in [-0.15, -0.1) is 0 Å². The van der Waals surface area contributed by atoms with Crippen molar-refractivity contribution in [3.05, 3.63) is 29.8 Å². The van der Waals surface area contributed by atoms with Crippen LogP contribution in [-0.4, -0.2) is 30.5 Å². The minimum atomic E-state index is -0.176. The second-order valence-electron chi connectivity index (χ2n) is 5.97. The van der Waals surface area contributed by atoms with E-state index in [9.17, 15) is 4.79 Å². The highest BCUT2D eigenvalue weighted by atomic mass is 16.5. The first-order valence-corrected chi connectivity index (χ1v) is 7.28. The molecule has 1 atom stereocenters. The van der Waals surface area contributed by atoms with Crippen molar-refractivity contribution in [2.45, 2.75) is 26.8 Å². The standard InChI is InChI=1S/C16H24N2O2/c1-12(2)11-20-15-5-3-13(4-6-15)9-18-8-7-14(10-18)16(17)19/h3-6,12,14H,7-11H2,1-2H3,(H2,17,19)/t14-/m1/s1. The van der Waals surface area contributed by atoms with Gasteiger partial charge in [-0.3, -0.25) is 9.69 Å². The van der Waals surface area contributed by atoms with Crippen LogP contribution in [0.2, 0.25) is 0 Å². The molecule has 110 valence electrons. The lowest BCUT2D eigenvalue weighted by atomic mass is 10.1. The van der Waals surface area contributed by atoms with Crippen molar-refractivity contribution in [3.8, 4) is 5.75 Å². The van der Waals surface area contributed by atoms with Gasteiger partial charge in [0.15, 0.2) is 0 Å². The molecule has 0 bridgehead atoms. The summed E-state index contributed by atoms with van der Waals surface area (Å²) in [4.78, 5) is 13.4. The summed E-state index contributed by atoms with van der Waals surface area (Å²) in [6, 6.07) is 8.21. The Morgan fingerprint density at radius 2 is 2.10 bits per heavy atom. The van der Waals surface area contributed by atoms with Gasteiger partial charge in [-0.1, -0.05) is 26.0 Å². The fourth-order valence-electron chi connectivity index (χ4n) is 2.42. The van der Waals surface area contributed by atoms with Crippen molar-refractivity contribution >= 4 is 5.91 Å². The molecule has 1 saturated heterocycles. The lowest BCUT2D eigenvalue weighted by molar-refractivity contribution is -0.121. The Morgan fingerprint density at radius 3 is 2.65 bits per heavy atom. The highest BCUT2D eigenvalue weighted by molar-refractivity contribution is 5.77. The molecule has 0 aliphatic carbocycles. The van der Waals surface area contributed by atoms with Crippen LogP contribution >= 0.6 is 0 Å². The Hall–Kier alpha value is -1.55. The molecule has 2 rings (SSSR count). The minimum Gasteiger partial charge on any atom is -0.493 e. The van der Waals surface area contributed by atoms with E-state index in [1.165, 1.54) is 5.56 Å². The number of benzene rings is 1. The summed E-state index contributed by atoms with van der Waals surface area (Å²) in [5.74, 6) is 1.29. The molecule has 1 aromatic rings. The zero-order valence-corrected chi connectivity index (χ0v) is 12.3. The van der Waals surface area contributed by atoms with E-state index in [0.717, 1.165) is 38.4 Å². The largest absolute Gasteiger partial charge is 0.493 e. The van der Waals surface area contributed by atoms with Gasteiger partial charge in [0.1, 0.15) is 5.75 Å². The van der Waals surface area contributed by atoms with E-state index in [1.54, 1.807) is 0 Å². The number of ether oxygens (including phenoxy) is 1. The van der Waals surface area contributed by atoms with Crippen LogP contribution in [0, 0.1) is 11.8 Å². The Bertz CT molecular complexity index is 442. The molecule has 0 spiro atoms. The van der Waals surface area contributed by atoms with Crippen molar-refractivity contribution < 1.29 is 9.53 Å². The molecule has 4 heteroatoms. The summed E-state index contributed by atoms with van der Waals surface area (Å²) in [7, 11) is 0. The lowest BCUT2D eigenvalue weighted by Crippen LogP contribution is -2.27. The second kappa shape index (κ2) is 6.75. The van der Waals surface area contributed by atoms with E-state index in [0.29, 0.717) is 5.92 Å². The first kappa shape index (κ1) is 14.9. The Morgan fingerprint density at radius 1 is 1.40 bits per heavy atom. The van der Waals surface area contributed by atoms with Crippen molar-refractivity contribution in [2.75, 3.05) is 19.7 Å². The molecular formula is C16H24N2O2. The van der Waals surface area contributed by atoms with E-state index in [4.69, 9.17) is 10.5 Å². The number of carbonyl (C=O) groups excluding carboxylic acids is 1. The summed E-state index contributed by atoms with van der Waals surface area (Å²) < 4.78 is 5.67. The maximum atomic E-state index is 11.2. The van der Waals surface area contributed by atoms with Crippen LogP contribution in [0.3, 0.4) is 0 Å². The third kappa shape index (κ3) is 4.23. The van der Waals surface area contributed by atoms with E-state index >= 15 is 0 Å². The van der Waals surface area contributed by atoms with E-state index in [2.05, 4.69) is 30.9 Å². The zero-order valence-electron chi connectivity index (χ0n) is 12.3. The van der Waals surface area contributed by atoms with Crippen LogP contribution in [0.1, 0.15) is 25.8 Å². The smallest absolute Gasteiger partial charge is 0.221 e. The van der Waals surface area contributed by atoms with Crippen LogP contribution in [0.4, 0.5) is 0 Å². The molecule has 4 nitrogen and oxygen atoms in total. The summed E-state index contributed by atoms with van der Waals surface area (Å²) >= 11 is 0. The Balaban J connectivity index is 1.83. The number of likely N-dealkylation sites (tertiary alicyclic amines) is 1. The molecule has 0 unspecified atom stereocenters. The minimum absolute atomic E-state index is 0.0173. The van der Waals surface area contributed by atoms with E-state index < -0.39 is 0 Å². The van der Waals surface area contributed by atoms with Gasteiger partial charge in [-0.05, 0) is 36.6 Å². The highest BCUT2D eigenvalue weighted by Crippen LogP contribution is 2.20. The lowest BCUT2D eigenvalue weighted by Gasteiger charge is -2.16. The SMILES string of the molecule is CC(C)COc1ccc(CN2CC[C@@H](C(N)=O)C2)cc1. The average molecular weight is 276 g/mol. The molecule has 1 fully saturated rings. The maximum Gasteiger partial charge on any atom is 0.221 e. The fraction of sp³-hybridized carbons (Fsp3) is 0.562. The van der Waals surface area contributed by atoms with E-state index in [1.807, 2.05) is 12.1 Å². The van der Waals surface area contributed by atoms with Crippen LogP contribution in [0.25, 0.3) is 0 Å². The fourth-order valence-corrected chi connectivity index (χ4v) is 2.42. The quantitative estimate of drug-likeness (QED) is 0.865. The zero-order chi connectivity index (χ0) is 14.5. The van der Waals surface area contributed by atoms with E-state index in [-0.39, 0.29) is 11.8 Å². The summed E-state index contributed by atoms with van der Waals surface area (Å²) in [6.45, 7) is 7.61. The first-order valence-electron chi connectivity index (χ1n) is 7.28. The molecule has 1 amide bonds. The van der Waals surface area contributed by atoms with Crippen LogP contribution in [0.5, 0.6) is 5.75 Å². The number of hydrogen-bond donors (Lipinski definition) is 1. The van der Waals surface area contributed by atoms with Crippen molar-refractivity contribution in [1.29, 1.82) is 0 Å². The second-order valence-corrected chi connectivity index (χ2v) is 5.97. The molecule has 0 aromatic heterocycles. The average Bonchev–Trinajstić information content (AvgIpc) is 2.86. The van der Waals surface area contributed by atoms with Crippen molar-refractivity contribution in [2.24, 2.45) is 17.6 Å². The number of primary amides is 1. The molecule has 1 aromatic carbocycles. The predicted molar refractivity (Wildman–Crippen MR) is 79.4 cm³/mol. The monoisotopic (exact) mass is 276 g/mol. The number of hydrogen-bond acceptors (Lipinski definition) is 3. The summed E-state index contributed by atoms with van der Waals surface area (Å²) in [6.07, 6.45) is 0.880. The third-order valence-electron chi connectivity index (χ3n) is 3.59. The highest BCUT2D eigenvalue weighted by Gasteiger charge is 2.26. The van der Waals surface area contributed by atoms with Gasteiger partial charge in [0.2, 0.25) is 5.91 Å². The van der Waals surface area contributed by atoms with Crippen LogP contribution < -0.4 is 10.5 Å². The van der Waals surface area contributed by atoms with Gasteiger partial charge in [-0.25, -0.2) is 0 Å². The van der Waals surface area contributed by atoms with Crippen molar-refractivity contribution in [3.63, 3.8) is 0 Å². The molecule has 0 saturated carbocycles. The molecule has 0 radical (unpaired) electrons. The van der Waals surface area contributed by atoms with Gasteiger partial charge in [0, 0.05) is 13.1 Å². The number of carbonyl (C=O) groups is 1. The Labute approximate surface area is 120 Å². The predicted octanol–water partition coefficient (Wildman–Crippen LogP) is 2.03. The normalized spacial score (nSPS) is 19.4. The van der Waals surface area contributed by atoms with Gasteiger partial charge >= 0.3 is 0 Å². The van der Waals surface area contributed by atoms with Crippen molar-refractivity contribution in [1.82, 2.24) is 4.90 Å². The molecule has 2 N–H and O–H groups in total. The number of nitrogens with two attached hydrogens (primary N) is 1. The molecule has 20 heavy (non-hydrogen) atoms. The van der Waals surface area contributed by atoms with Gasteiger partial charge in [0.05, 0.1) is 12.5 Å². The number of amides is 1. The summed E-state index contributed by atoms with van der Waals surface area (Å²) in [5, 5.41) is 0. The molecule has 1 aliphatic rings. The summed E-state index contributed by atoms with van der Waals surface area (Å²) in [5.41, 5.74) is 6.59. The Kier molecular flexibility index (Phi) is 5.01. The number of rotatable bonds is 6.